The number of rotatable bonds is 2. The number of benzene rings is 1. The summed E-state index contributed by atoms with van der Waals surface area (Å²) in [6.07, 6.45) is -0.167. The molecule has 10 heteroatoms. The van der Waals surface area contributed by atoms with Gasteiger partial charge in [-0.2, -0.15) is 19.8 Å². The van der Waals surface area contributed by atoms with E-state index in [1.165, 1.54) is 0 Å². The minimum absolute atomic E-state index is 0. The first-order valence-corrected chi connectivity index (χ1v) is 4.81. The maximum absolute atomic E-state index is 10.4. The van der Waals surface area contributed by atoms with E-state index in [0.717, 1.165) is 12.1 Å². The number of carboxylic acid groups (broad SMARTS) is 1. The minimum Gasteiger partial charge on any atom is -0.521 e. The number of aromatic carboxylic acids is 1. The van der Waals surface area contributed by atoms with Crippen molar-refractivity contribution in [1.82, 2.24) is 0 Å². The summed E-state index contributed by atoms with van der Waals surface area (Å²) in [6.45, 7) is 3.44. The van der Waals surface area contributed by atoms with Crippen LogP contribution >= 0.6 is 19.8 Å². The van der Waals surface area contributed by atoms with E-state index in [1.807, 2.05) is 0 Å². The number of carbonyl (C=O) groups is 1. The molecule has 0 aliphatic heterocycles. The first kappa shape index (κ1) is 28.2. The summed E-state index contributed by atoms with van der Waals surface area (Å²) in [7, 11) is 0. The molecule has 0 aliphatic rings. The van der Waals surface area contributed by atoms with Gasteiger partial charge in [0.1, 0.15) is 0 Å². The van der Waals surface area contributed by atoms with E-state index < -0.39 is 16.6 Å². The van der Waals surface area contributed by atoms with Crippen molar-refractivity contribution < 1.29 is 40.0 Å². The largest absolute Gasteiger partial charge is 0.521 e. The van der Waals surface area contributed by atoms with Crippen molar-refractivity contribution in [2.45, 2.75) is 20.0 Å². The van der Waals surface area contributed by atoms with E-state index in [1.54, 1.807) is 19.9 Å². The average molecular weight is 511 g/mol. The molecule has 0 aliphatic carbocycles. The van der Waals surface area contributed by atoms with E-state index in [4.69, 9.17) is 15.5 Å². The molecule has 1 aromatic carbocycles. The van der Waals surface area contributed by atoms with E-state index in [-0.39, 0.29) is 57.1 Å². The van der Waals surface area contributed by atoms with Gasteiger partial charge in [-0.3, -0.25) is 10.1 Å². The van der Waals surface area contributed by atoms with Gasteiger partial charge < -0.3 is 15.0 Å². The molecule has 7 nitrogen and oxygen atoms in total. The molecule has 1 aromatic rings. The van der Waals surface area contributed by atoms with E-state index in [0.29, 0.717) is 0 Å². The number of nitrogens with zero attached hydrogens (tertiary/aromatic N) is 2. The zero-order valence-corrected chi connectivity index (χ0v) is 16.7. The zero-order chi connectivity index (χ0) is 14.3. The van der Waals surface area contributed by atoms with E-state index in [9.17, 15) is 14.9 Å². The van der Waals surface area contributed by atoms with Crippen molar-refractivity contribution in [3.63, 3.8) is 0 Å². The molecule has 21 heavy (non-hydrogen) atoms. The summed E-state index contributed by atoms with van der Waals surface area (Å²) in [5.41, 5.74) is -1.07. The Morgan fingerprint density at radius 3 is 2.19 bits per heavy atom. The van der Waals surface area contributed by atoms with Crippen LogP contribution in [0.1, 0.15) is 29.8 Å². The fourth-order valence-corrected chi connectivity index (χ4v) is 0.844. The number of carboxylic acids is 1. The molecule has 0 amide bonds. The van der Waals surface area contributed by atoms with Crippen LogP contribution in [0.15, 0.2) is 12.1 Å². The van der Waals surface area contributed by atoms with Gasteiger partial charge in [-0.15, -0.1) is 12.1 Å². The SMILES string of the molecule is CC(C)O.N#Cc1c[c-]c(C(=O)O)cc1[N+](=O)[O-].P.P.[Ir]. The first-order valence-electron chi connectivity index (χ1n) is 4.81. The zero-order valence-electron chi connectivity index (χ0n) is 11.5. The van der Waals surface area contributed by atoms with E-state index >= 15 is 0 Å². The Hall–Kier alpha value is -0.951. The average Bonchev–Trinajstić information content (AvgIpc) is 2.27. The van der Waals surface area contributed by atoms with E-state index in [2.05, 4.69) is 6.07 Å². The van der Waals surface area contributed by atoms with Crippen LogP contribution in [-0.2, 0) is 20.1 Å². The Morgan fingerprint density at radius 1 is 1.48 bits per heavy atom. The number of aliphatic hydroxyl groups excluding tert-OH is 1. The van der Waals surface area contributed by atoms with Crippen LogP contribution in [0, 0.1) is 27.5 Å². The van der Waals surface area contributed by atoms with Gasteiger partial charge in [-0.05, 0) is 13.8 Å². The second kappa shape index (κ2) is 14.0. The number of nitro groups is 1. The molecule has 0 heterocycles. The molecule has 2 N–H and O–H groups in total. The third-order valence-corrected chi connectivity index (χ3v) is 1.48. The number of nitro benzene ring substituents is 1. The third-order valence-electron chi connectivity index (χ3n) is 1.48. The van der Waals surface area contributed by atoms with Gasteiger partial charge in [0.25, 0.3) is 0 Å². The summed E-state index contributed by atoms with van der Waals surface area (Å²) in [4.78, 5) is 20.0. The summed E-state index contributed by atoms with van der Waals surface area (Å²) in [6, 6.07) is 5.63. The molecule has 1 radical (unpaired) electrons. The Kier molecular flexibility index (Phi) is 18.8. The molecule has 2 unspecified atom stereocenters. The Morgan fingerprint density at radius 2 is 1.90 bits per heavy atom. The van der Waals surface area contributed by atoms with Gasteiger partial charge >= 0.3 is 0 Å². The predicted octanol–water partition coefficient (Wildman–Crippen LogP) is 1.47. The number of hydrogen-bond donors (Lipinski definition) is 2. The molecular weight excluding hydrogens is 494 g/mol. The topological polar surface area (TPSA) is 124 Å². The fourth-order valence-electron chi connectivity index (χ4n) is 0.844. The van der Waals surface area contributed by atoms with Crippen molar-refractivity contribution in [3.8, 4) is 6.07 Å². The van der Waals surface area contributed by atoms with Crippen molar-refractivity contribution in [2.75, 3.05) is 0 Å². The molecule has 0 bridgehead atoms. The second-order valence-corrected chi connectivity index (χ2v) is 3.41. The summed E-state index contributed by atoms with van der Waals surface area (Å²) in [5, 5.41) is 35.5. The Bertz CT molecular complexity index is 503. The van der Waals surface area contributed by atoms with Crippen molar-refractivity contribution in [3.05, 3.63) is 39.4 Å². The van der Waals surface area contributed by atoms with Crippen LogP contribution in [0.3, 0.4) is 0 Å². The smallest absolute Gasteiger partial charge is 0.247 e. The minimum atomic E-state index is -1.32. The molecule has 0 spiro atoms. The number of hydrogen-bond acceptors (Lipinski definition) is 5. The Labute approximate surface area is 142 Å². The van der Waals surface area contributed by atoms with Crippen molar-refractivity contribution in [1.29, 1.82) is 5.26 Å². The molecule has 0 saturated carbocycles. The first-order chi connectivity index (χ1) is 8.29. The molecule has 0 saturated heterocycles. The Balaban J connectivity index is -0.000000185. The van der Waals surface area contributed by atoms with Crippen LogP contribution < -0.4 is 0 Å². The van der Waals surface area contributed by atoms with Crippen LogP contribution in [0.4, 0.5) is 5.69 Å². The van der Waals surface area contributed by atoms with Gasteiger partial charge in [0.2, 0.25) is 11.7 Å². The molecule has 1 rings (SSSR count). The normalized spacial score (nSPS) is 7.76. The fraction of sp³-hybridized carbons (Fsp3) is 0.273. The predicted molar refractivity (Wildman–Crippen MR) is 83.2 cm³/mol. The third kappa shape index (κ3) is 11.4. The summed E-state index contributed by atoms with van der Waals surface area (Å²) >= 11 is 0. The van der Waals surface area contributed by atoms with Crippen LogP contribution in [-0.4, -0.2) is 27.2 Å². The molecule has 0 aromatic heterocycles. The molecule has 121 valence electrons. The maximum atomic E-state index is 10.4. The standard InChI is InChI=1S/C8H3N2O4.C3H8O.Ir.2H3P/c9-4-6-2-1-5(8(11)12)3-7(6)10(13)14;1-3(2)4;;;/h2-3H,(H,11,12);3-4H,1-2H3;;2*1H3/q-1;;;;. The number of nitriles is 1. The van der Waals surface area contributed by atoms with Gasteiger partial charge in [0.05, 0.1) is 6.07 Å². The van der Waals surface area contributed by atoms with Crippen LogP contribution in [0.5, 0.6) is 0 Å². The van der Waals surface area contributed by atoms with Crippen LogP contribution in [0.2, 0.25) is 0 Å². The van der Waals surface area contributed by atoms with Crippen molar-refractivity contribution >= 4 is 31.5 Å². The van der Waals surface area contributed by atoms with Gasteiger partial charge in [-0.1, -0.05) is 11.6 Å². The second-order valence-electron chi connectivity index (χ2n) is 3.41. The summed E-state index contributed by atoms with van der Waals surface area (Å²) in [5.74, 6) is -1.32. The summed E-state index contributed by atoms with van der Waals surface area (Å²) < 4.78 is 0. The molecule has 0 fully saturated rings. The molecule has 2 atom stereocenters. The monoisotopic (exact) mass is 512 g/mol. The maximum Gasteiger partial charge on any atom is 0.247 e. The van der Waals surface area contributed by atoms with Gasteiger partial charge in [0.15, 0.2) is 0 Å². The molecular formula is C11H17IrN2O5P2-. The van der Waals surface area contributed by atoms with Gasteiger partial charge in [0, 0.05) is 36.7 Å². The number of aliphatic hydroxyl groups is 1. The van der Waals surface area contributed by atoms with Crippen LogP contribution in [0.25, 0.3) is 0 Å². The quantitative estimate of drug-likeness (QED) is 0.268. The van der Waals surface area contributed by atoms with Crippen molar-refractivity contribution in [2.24, 2.45) is 0 Å². The van der Waals surface area contributed by atoms with Gasteiger partial charge in [-0.25, -0.2) is 5.26 Å².